The molecule has 0 amide bonds. The minimum Gasteiger partial charge on any atom is -0.369 e. The number of nitrogens with one attached hydrogen (secondary N) is 1. The van der Waals surface area contributed by atoms with Crippen LogP contribution in [0, 0.1) is 5.92 Å². The Bertz CT molecular complexity index is 684. The predicted molar refractivity (Wildman–Crippen MR) is 88.1 cm³/mol. The van der Waals surface area contributed by atoms with Crippen LogP contribution in [0.2, 0.25) is 0 Å². The van der Waals surface area contributed by atoms with Gasteiger partial charge in [0, 0.05) is 50.0 Å². The molecule has 1 aromatic heterocycles. The molecular weight excluding hydrogens is 262 g/mol. The van der Waals surface area contributed by atoms with Gasteiger partial charge in [-0.2, -0.15) is 0 Å². The molecule has 1 aliphatic heterocycles. The zero-order chi connectivity index (χ0) is 14.8. The van der Waals surface area contributed by atoms with Crippen molar-refractivity contribution in [2.75, 3.05) is 31.1 Å². The normalized spacial score (nSPS) is 15.9. The van der Waals surface area contributed by atoms with Crippen molar-refractivity contribution in [1.29, 1.82) is 0 Å². The maximum atomic E-state index is 12.5. The zero-order valence-electron chi connectivity index (χ0n) is 12.8. The lowest BCUT2D eigenvalue weighted by atomic mass is 10.1. The molecule has 1 fully saturated rings. The third-order valence-electron chi connectivity index (χ3n) is 4.00. The summed E-state index contributed by atoms with van der Waals surface area (Å²) >= 11 is 0. The number of rotatable bonds is 3. The van der Waals surface area contributed by atoms with Crippen molar-refractivity contribution in [2.24, 2.45) is 5.92 Å². The van der Waals surface area contributed by atoms with E-state index >= 15 is 0 Å². The van der Waals surface area contributed by atoms with Crippen molar-refractivity contribution in [1.82, 2.24) is 9.88 Å². The van der Waals surface area contributed by atoms with Gasteiger partial charge < -0.3 is 14.8 Å². The SMILES string of the molecule is CC(C)Cn1ccc2cc(N3CCNCC3)ccc2c1=O. The fourth-order valence-corrected chi connectivity index (χ4v) is 2.93. The Hall–Kier alpha value is -1.81. The molecule has 112 valence electrons. The van der Waals surface area contributed by atoms with Crippen LogP contribution < -0.4 is 15.8 Å². The number of fused-ring (bicyclic) bond motifs is 1. The maximum Gasteiger partial charge on any atom is 0.258 e. The molecule has 0 atom stereocenters. The van der Waals surface area contributed by atoms with Crippen molar-refractivity contribution >= 4 is 16.5 Å². The van der Waals surface area contributed by atoms with Gasteiger partial charge in [0.2, 0.25) is 0 Å². The van der Waals surface area contributed by atoms with Crippen LogP contribution in [0.4, 0.5) is 5.69 Å². The van der Waals surface area contributed by atoms with E-state index in [0.717, 1.165) is 43.5 Å². The molecule has 1 N–H and O–H groups in total. The first-order chi connectivity index (χ1) is 10.1. The Morgan fingerprint density at radius 1 is 1.19 bits per heavy atom. The van der Waals surface area contributed by atoms with Crippen LogP contribution in [0.25, 0.3) is 10.8 Å². The lowest BCUT2D eigenvalue weighted by Crippen LogP contribution is -2.43. The molecule has 0 saturated carbocycles. The molecule has 1 saturated heterocycles. The van der Waals surface area contributed by atoms with E-state index in [2.05, 4.69) is 42.3 Å². The van der Waals surface area contributed by atoms with Crippen LogP contribution in [0.3, 0.4) is 0 Å². The third-order valence-corrected chi connectivity index (χ3v) is 4.00. The van der Waals surface area contributed by atoms with Crippen LogP contribution in [0.1, 0.15) is 13.8 Å². The van der Waals surface area contributed by atoms with E-state index in [9.17, 15) is 4.79 Å². The third kappa shape index (κ3) is 2.95. The molecule has 0 aliphatic carbocycles. The minimum atomic E-state index is 0.119. The Morgan fingerprint density at radius 3 is 2.67 bits per heavy atom. The number of hydrogen-bond acceptors (Lipinski definition) is 3. The Labute approximate surface area is 125 Å². The molecule has 2 heterocycles. The van der Waals surface area contributed by atoms with Gasteiger partial charge >= 0.3 is 0 Å². The van der Waals surface area contributed by atoms with Gasteiger partial charge in [0.15, 0.2) is 0 Å². The van der Waals surface area contributed by atoms with Gasteiger partial charge in [0.25, 0.3) is 5.56 Å². The average Bonchev–Trinajstić information content (AvgIpc) is 2.50. The smallest absolute Gasteiger partial charge is 0.258 e. The molecule has 4 heteroatoms. The highest BCUT2D eigenvalue weighted by molar-refractivity contribution is 5.85. The monoisotopic (exact) mass is 285 g/mol. The van der Waals surface area contributed by atoms with Gasteiger partial charge in [0.1, 0.15) is 0 Å². The summed E-state index contributed by atoms with van der Waals surface area (Å²) in [6.45, 7) is 9.12. The van der Waals surface area contributed by atoms with Gasteiger partial charge in [0.05, 0.1) is 0 Å². The van der Waals surface area contributed by atoms with E-state index in [4.69, 9.17) is 0 Å². The molecule has 1 aromatic carbocycles. The zero-order valence-corrected chi connectivity index (χ0v) is 12.8. The van der Waals surface area contributed by atoms with Gasteiger partial charge in [-0.15, -0.1) is 0 Å². The maximum absolute atomic E-state index is 12.5. The molecule has 0 radical (unpaired) electrons. The van der Waals surface area contributed by atoms with Crippen LogP contribution in [0.15, 0.2) is 35.3 Å². The number of hydrogen-bond donors (Lipinski definition) is 1. The summed E-state index contributed by atoms with van der Waals surface area (Å²) < 4.78 is 1.82. The Balaban J connectivity index is 1.97. The second kappa shape index (κ2) is 5.90. The van der Waals surface area contributed by atoms with Crippen molar-refractivity contribution in [2.45, 2.75) is 20.4 Å². The van der Waals surface area contributed by atoms with Gasteiger partial charge in [-0.1, -0.05) is 13.8 Å². The summed E-state index contributed by atoms with van der Waals surface area (Å²) in [5.41, 5.74) is 1.33. The minimum absolute atomic E-state index is 0.119. The number of piperazine rings is 1. The molecule has 0 unspecified atom stereocenters. The lowest BCUT2D eigenvalue weighted by Gasteiger charge is -2.29. The summed E-state index contributed by atoms with van der Waals surface area (Å²) in [6.07, 6.45) is 1.92. The number of aromatic nitrogens is 1. The highest BCUT2D eigenvalue weighted by Gasteiger charge is 2.12. The van der Waals surface area contributed by atoms with Gasteiger partial charge in [-0.25, -0.2) is 0 Å². The highest BCUT2D eigenvalue weighted by atomic mass is 16.1. The van der Waals surface area contributed by atoms with Crippen LogP contribution >= 0.6 is 0 Å². The van der Waals surface area contributed by atoms with Crippen molar-refractivity contribution in [3.63, 3.8) is 0 Å². The number of pyridine rings is 1. The molecule has 3 rings (SSSR count). The van der Waals surface area contributed by atoms with E-state index in [-0.39, 0.29) is 5.56 Å². The van der Waals surface area contributed by atoms with E-state index < -0.39 is 0 Å². The van der Waals surface area contributed by atoms with E-state index in [1.807, 2.05) is 16.8 Å². The number of nitrogens with zero attached hydrogens (tertiary/aromatic N) is 2. The molecule has 0 bridgehead atoms. The van der Waals surface area contributed by atoms with Crippen molar-refractivity contribution in [3.05, 3.63) is 40.8 Å². The predicted octanol–water partition coefficient (Wildman–Crippen LogP) is 2.07. The van der Waals surface area contributed by atoms with Crippen molar-refractivity contribution in [3.8, 4) is 0 Å². The summed E-state index contributed by atoms with van der Waals surface area (Å²) in [5, 5.41) is 5.22. The largest absolute Gasteiger partial charge is 0.369 e. The van der Waals surface area contributed by atoms with Gasteiger partial charge in [-0.3, -0.25) is 4.79 Å². The summed E-state index contributed by atoms with van der Waals surface area (Å²) in [4.78, 5) is 14.9. The lowest BCUT2D eigenvalue weighted by molar-refractivity contribution is 0.513. The molecular formula is C17H23N3O. The first-order valence-corrected chi connectivity index (χ1v) is 7.74. The van der Waals surface area contributed by atoms with Gasteiger partial charge in [-0.05, 0) is 35.6 Å². The number of benzene rings is 1. The quantitative estimate of drug-likeness (QED) is 0.938. The molecule has 21 heavy (non-hydrogen) atoms. The summed E-state index contributed by atoms with van der Waals surface area (Å²) in [6, 6.07) is 8.26. The fourth-order valence-electron chi connectivity index (χ4n) is 2.93. The average molecular weight is 285 g/mol. The van der Waals surface area contributed by atoms with Crippen LogP contribution in [-0.2, 0) is 6.54 Å². The van der Waals surface area contributed by atoms with Crippen molar-refractivity contribution < 1.29 is 0 Å². The molecule has 1 aliphatic rings. The van der Waals surface area contributed by atoms with E-state index in [1.165, 1.54) is 5.69 Å². The topological polar surface area (TPSA) is 37.3 Å². The van der Waals surface area contributed by atoms with E-state index in [0.29, 0.717) is 5.92 Å². The summed E-state index contributed by atoms with van der Waals surface area (Å²) in [5.74, 6) is 0.472. The Morgan fingerprint density at radius 2 is 1.95 bits per heavy atom. The highest BCUT2D eigenvalue weighted by Crippen LogP contribution is 2.20. The molecule has 0 spiro atoms. The van der Waals surface area contributed by atoms with Crippen LogP contribution in [-0.4, -0.2) is 30.7 Å². The second-order valence-corrected chi connectivity index (χ2v) is 6.18. The first kappa shape index (κ1) is 14.1. The fraction of sp³-hybridized carbons (Fsp3) is 0.471. The molecule has 2 aromatic rings. The standard InChI is InChI=1S/C17H23N3O/c1-13(2)12-20-8-5-14-11-15(3-4-16(14)17(20)21)19-9-6-18-7-10-19/h3-5,8,11,13,18H,6-7,9-10,12H2,1-2H3. The number of anilines is 1. The van der Waals surface area contributed by atoms with E-state index in [1.54, 1.807) is 0 Å². The van der Waals surface area contributed by atoms with Crippen LogP contribution in [0.5, 0.6) is 0 Å². The first-order valence-electron chi connectivity index (χ1n) is 7.74. The summed E-state index contributed by atoms with van der Waals surface area (Å²) in [7, 11) is 0. The Kier molecular flexibility index (Phi) is 3.97. The molecule has 4 nitrogen and oxygen atoms in total. The second-order valence-electron chi connectivity index (χ2n) is 6.18.